The van der Waals surface area contributed by atoms with E-state index in [-0.39, 0.29) is 10.5 Å². The molecule has 0 aromatic heterocycles. The van der Waals surface area contributed by atoms with Gasteiger partial charge in [0.15, 0.2) is 0 Å². The molecule has 0 aliphatic heterocycles. The van der Waals surface area contributed by atoms with E-state index in [4.69, 9.17) is 11.6 Å². The van der Waals surface area contributed by atoms with E-state index in [9.17, 15) is 13.2 Å². The SMILES string of the molecule is CCC/C(C)=N\NC(=O)c1cccc(S(=O)(=O)Nc2cccc(Cl)c2)c1. The van der Waals surface area contributed by atoms with Gasteiger partial charge in [-0.25, -0.2) is 13.8 Å². The molecule has 26 heavy (non-hydrogen) atoms. The largest absolute Gasteiger partial charge is 0.280 e. The fraction of sp³-hybridized carbons (Fsp3) is 0.222. The number of hydrogen-bond donors (Lipinski definition) is 2. The lowest BCUT2D eigenvalue weighted by Crippen LogP contribution is -2.20. The maximum Gasteiger partial charge on any atom is 0.271 e. The first kappa shape index (κ1) is 19.9. The molecule has 6 nitrogen and oxygen atoms in total. The standard InChI is InChI=1S/C18H20ClN3O3S/c1-3-6-13(2)20-21-18(23)14-7-4-10-17(11-14)26(24,25)22-16-9-5-8-15(19)12-16/h4-5,7-12,22H,3,6H2,1-2H3,(H,21,23)/b20-13-. The number of carbonyl (C=O) groups is 1. The number of amides is 1. The van der Waals surface area contributed by atoms with Gasteiger partial charge in [0.2, 0.25) is 0 Å². The van der Waals surface area contributed by atoms with E-state index in [2.05, 4.69) is 15.2 Å². The summed E-state index contributed by atoms with van der Waals surface area (Å²) in [5, 5.41) is 4.41. The van der Waals surface area contributed by atoms with Crippen LogP contribution in [0.2, 0.25) is 5.02 Å². The van der Waals surface area contributed by atoms with E-state index >= 15 is 0 Å². The zero-order valence-corrected chi connectivity index (χ0v) is 16.1. The van der Waals surface area contributed by atoms with Crippen molar-refractivity contribution in [3.05, 3.63) is 59.1 Å². The Kier molecular flexibility index (Phi) is 6.76. The molecule has 0 aliphatic carbocycles. The van der Waals surface area contributed by atoms with Crippen LogP contribution in [0.4, 0.5) is 5.69 Å². The highest BCUT2D eigenvalue weighted by Crippen LogP contribution is 2.20. The van der Waals surface area contributed by atoms with Crippen molar-refractivity contribution in [2.24, 2.45) is 5.10 Å². The van der Waals surface area contributed by atoms with Crippen LogP contribution in [0.3, 0.4) is 0 Å². The quantitative estimate of drug-likeness (QED) is 0.549. The van der Waals surface area contributed by atoms with Crippen molar-refractivity contribution in [1.29, 1.82) is 0 Å². The molecule has 8 heteroatoms. The maximum atomic E-state index is 12.5. The monoisotopic (exact) mass is 393 g/mol. The lowest BCUT2D eigenvalue weighted by atomic mass is 10.2. The van der Waals surface area contributed by atoms with Crippen LogP contribution in [0.5, 0.6) is 0 Å². The number of hydrazone groups is 1. The topological polar surface area (TPSA) is 87.6 Å². The number of anilines is 1. The molecule has 0 radical (unpaired) electrons. The number of sulfonamides is 1. The fourth-order valence-corrected chi connectivity index (χ4v) is 3.48. The van der Waals surface area contributed by atoms with Crippen LogP contribution in [0.15, 0.2) is 58.5 Å². The molecule has 2 aromatic rings. The van der Waals surface area contributed by atoms with Gasteiger partial charge in [0, 0.05) is 16.3 Å². The summed E-state index contributed by atoms with van der Waals surface area (Å²) < 4.78 is 27.5. The summed E-state index contributed by atoms with van der Waals surface area (Å²) >= 11 is 5.87. The predicted molar refractivity (Wildman–Crippen MR) is 104 cm³/mol. The van der Waals surface area contributed by atoms with Crippen molar-refractivity contribution in [2.45, 2.75) is 31.6 Å². The fourth-order valence-electron chi connectivity index (χ4n) is 2.20. The molecule has 2 rings (SSSR count). The minimum absolute atomic E-state index is 0.0283. The molecule has 0 saturated heterocycles. The minimum atomic E-state index is -3.85. The summed E-state index contributed by atoms with van der Waals surface area (Å²) in [6.45, 7) is 3.83. The zero-order valence-electron chi connectivity index (χ0n) is 14.5. The average Bonchev–Trinajstić information content (AvgIpc) is 2.60. The normalized spacial score (nSPS) is 11.9. The summed E-state index contributed by atoms with van der Waals surface area (Å²) in [5.74, 6) is -0.472. The molecule has 1 amide bonds. The second-order valence-electron chi connectivity index (χ2n) is 5.68. The Balaban J connectivity index is 2.19. The highest BCUT2D eigenvalue weighted by Gasteiger charge is 2.16. The molecule has 0 unspecified atom stereocenters. The maximum absolute atomic E-state index is 12.5. The first-order valence-electron chi connectivity index (χ1n) is 8.04. The smallest absolute Gasteiger partial charge is 0.271 e. The number of rotatable bonds is 7. The molecule has 0 fully saturated rings. The average molecular weight is 394 g/mol. The Hall–Kier alpha value is -2.38. The van der Waals surface area contributed by atoms with Crippen LogP contribution in [0.25, 0.3) is 0 Å². The van der Waals surface area contributed by atoms with Crippen LogP contribution < -0.4 is 10.1 Å². The van der Waals surface area contributed by atoms with Gasteiger partial charge in [-0.2, -0.15) is 5.10 Å². The highest BCUT2D eigenvalue weighted by molar-refractivity contribution is 7.92. The first-order chi connectivity index (χ1) is 12.3. The number of benzene rings is 2. The Labute approximate surface area is 158 Å². The lowest BCUT2D eigenvalue weighted by Gasteiger charge is -2.09. The van der Waals surface area contributed by atoms with Crippen LogP contribution in [-0.4, -0.2) is 20.0 Å². The van der Waals surface area contributed by atoms with Crippen LogP contribution in [0, 0.1) is 0 Å². The van der Waals surface area contributed by atoms with E-state index in [1.165, 1.54) is 30.3 Å². The van der Waals surface area contributed by atoms with Crippen molar-refractivity contribution in [3.63, 3.8) is 0 Å². The molecule has 0 bridgehead atoms. The summed E-state index contributed by atoms with van der Waals surface area (Å²) in [5.41, 5.74) is 3.77. The number of hydrogen-bond acceptors (Lipinski definition) is 4. The van der Waals surface area contributed by atoms with E-state index in [1.807, 2.05) is 13.8 Å². The second kappa shape index (κ2) is 8.82. The Morgan fingerprint density at radius 2 is 1.88 bits per heavy atom. The van der Waals surface area contributed by atoms with Gasteiger partial charge in [-0.1, -0.05) is 37.1 Å². The van der Waals surface area contributed by atoms with Crippen molar-refractivity contribution in [3.8, 4) is 0 Å². The lowest BCUT2D eigenvalue weighted by molar-refractivity contribution is 0.0954. The van der Waals surface area contributed by atoms with E-state index < -0.39 is 15.9 Å². The molecule has 0 heterocycles. The molecule has 0 spiro atoms. The molecule has 0 saturated carbocycles. The second-order valence-corrected chi connectivity index (χ2v) is 7.80. The summed E-state index contributed by atoms with van der Waals surface area (Å²) in [4.78, 5) is 12.2. The van der Waals surface area contributed by atoms with E-state index in [0.717, 1.165) is 18.6 Å². The number of halogens is 1. The molecular formula is C18H20ClN3O3S. The van der Waals surface area contributed by atoms with Gasteiger partial charge in [0.1, 0.15) is 0 Å². The van der Waals surface area contributed by atoms with Crippen LogP contribution in [0.1, 0.15) is 37.0 Å². The highest BCUT2D eigenvalue weighted by atomic mass is 35.5. The van der Waals surface area contributed by atoms with Gasteiger partial charge in [0.05, 0.1) is 10.6 Å². The van der Waals surface area contributed by atoms with Gasteiger partial charge in [-0.3, -0.25) is 9.52 Å². The number of nitrogens with one attached hydrogen (secondary N) is 2. The van der Waals surface area contributed by atoms with Crippen molar-refractivity contribution in [2.75, 3.05) is 4.72 Å². The van der Waals surface area contributed by atoms with Crippen molar-refractivity contribution in [1.82, 2.24) is 5.43 Å². The molecule has 0 atom stereocenters. The first-order valence-corrected chi connectivity index (χ1v) is 9.90. The predicted octanol–water partition coefficient (Wildman–Crippen LogP) is 4.05. The third-order valence-corrected chi connectivity index (χ3v) is 5.06. The van der Waals surface area contributed by atoms with Crippen LogP contribution >= 0.6 is 11.6 Å². The Morgan fingerprint density at radius 1 is 1.15 bits per heavy atom. The van der Waals surface area contributed by atoms with Gasteiger partial charge in [0.25, 0.3) is 15.9 Å². The van der Waals surface area contributed by atoms with Gasteiger partial charge < -0.3 is 0 Å². The number of carbonyl (C=O) groups excluding carboxylic acids is 1. The Bertz CT molecular complexity index is 927. The van der Waals surface area contributed by atoms with Gasteiger partial charge in [-0.05, 0) is 49.7 Å². The molecular weight excluding hydrogens is 374 g/mol. The minimum Gasteiger partial charge on any atom is -0.280 e. The Morgan fingerprint density at radius 3 is 2.58 bits per heavy atom. The molecule has 2 aromatic carbocycles. The third-order valence-electron chi connectivity index (χ3n) is 3.44. The van der Waals surface area contributed by atoms with E-state index in [0.29, 0.717) is 10.7 Å². The summed E-state index contributed by atoms with van der Waals surface area (Å²) in [7, 11) is -3.85. The summed E-state index contributed by atoms with van der Waals surface area (Å²) in [6, 6.07) is 12.1. The van der Waals surface area contributed by atoms with Gasteiger partial charge >= 0.3 is 0 Å². The van der Waals surface area contributed by atoms with E-state index in [1.54, 1.807) is 18.2 Å². The molecule has 0 aliphatic rings. The van der Waals surface area contributed by atoms with Crippen molar-refractivity contribution >= 4 is 38.9 Å². The number of nitrogens with zero attached hydrogens (tertiary/aromatic N) is 1. The molecule has 2 N–H and O–H groups in total. The third kappa shape index (κ3) is 5.57. The molecule has 138 valence electrons. The van der Waals surface area contributed by atoms with Crippen LogP contribution in [-0.2, 0) is 10.0 Å². The summed E-state index contributed by atoms with van der Waals surface area (Å²) in [6.07, 6.45) is 1.70. The van der Waals surface area contributed by atoms with Gasteiger partial charge in [-0.15, -0.1) is 0 Å². The van der Waals surface area contributed by atoms with Crippen molar-refractivity contribution < 1.29 is 13.2 Å². The zero-order chi connectivity index (χ0) is 19.2.